The average molecular weight is 326 g/mol. The van der Waals surface area contributed by atoms with E-state index in [1.165, 1.54) is 19.2 Å². The van der Waals surface area contributed by atoms with E-state index in [2.05, 4.69) is 10.1 Å². The van der Waals surface area contributed by atoms with Gasteiger partial charge in [-0.15, -0.1) is 0 Å². The van der Waals surface area contributed by atoms with Gasteiger partial charge >= 0.3 is 5.97 Å². The van der Waals surface area contributed by atoms with Gasteiger partial charge in [-0.1, -0.05) is 17.7 Å². The number of carbonyl (C=O) groups is 2. The van der Waals surface area contributed by atoms with Gasteiger partial charge in [0.1, 0.15) is 6.04 Å². The molecule has 120 valence electrons. The minimum Gasteiger partial charge on any atom is -0.468 e. The fourth-order valence-corrected chi connectivity index (χ4v) is 3.83. The maximum absolute atomic E-state index is 12.8. The van der Waals surface area contributed by atoms with Crippen molar-refractivity contribution in [1.29, 1.82) is 0 Å². The Morgan fingerprint density at radius 3 is 2.55 bits per heavy atom. The second-order valence-electron chi connectivity index (χ2n) is 5.04. The van der Waals surface area contributed by atoms with Crippen molar-refractivity contribution in [3.05, 3.63) is 29.8 Å². The van der Waals surface area contributed by atoms with Crippen molar-refractivity contribution >= 4 is 21.9 Å². The predicted molar refractivity (Wildman–Crippen MR) is 78.5 cm³/mol. The molecular formula is C14H18N2O5S. The molecule has 7 nitrogen and oxygen atoms in total. The molecule has 1 N–H and O–H groups in total. The van der Waals surface area contributed by atoms with Crippen LogP contribution in [0.15, 0.2) is 29.2 Å². The first-order valence-corrected chi connectivity index (χ1v) is 8.23. The van der Waals surface area contributed by atoms with Crippen molar-refractivity contribution in [1.82, 2.24) is 9.62 Å². The van der Waals surface area contributed by atoms with Crippen molar-refractivity contribution < 1.29 is 22.7 Å². The molecule has 22 heavy (non-hydrogen) atoms. The van der Waals surface area contributed by atoms with E-state index in [4.69, 9.17) is 0 Å². The highest BCUT2D eigenvalue weighted by molar-refractivity contribution is 7.89. The van der Waals surface area contributed by atoms with E-state index >= 15 is 0 Å². The summed E-state index contributed by atoms with van der Waals surface area (Å²) < 4.78 is 31.1. The SMILES string of the molecule is COC(=O)[C@H]1CCNC(=O)CN1S(=O)(=O)c1ccc(C)cc1. The van der Waals surface area contributed by atoms with Gasteiger partial charge < -0.3 is 10.1 Å². The highest BCUT2D eigenvalue weighted by Gasteiger charge is 2.39. The molecule has 0 aromatic heterocycles. The Bertz CT molecular complexity index is 669. The molecule has 1 aliphatic heterocycles. The Kier molecular flexibility index (Phi) is 4.82. The van der Waals surface area contributed by atoms with Crippen LogP contribution in [0.1, 0.15) is 12.0 Å². The van der Waals surface area contributed by atoms with E-state index in [9.17, 15) is 18.0 Å². The normalized spacial score (nSPS) is 20.1. The number of amides is 1. The highest BCUT2D eigenvalue weighted by atomic mass is 32.2. The summed E-state index contributed by atoms with van der Waals surface area (Å²) in [5.41, 5.74) is 0.914. The van der Waals surface area contributed by atoms with Gasteiger partial charge in [0.25, 0.3) is 0 Å². The van der Waals surface area contributed by atoms with Crippen LogP contribution in [0.4, 0.5) is 0 Å². The number of hydrogen-bond acceptors (Lipinski definition) is 5. The third kappa shape index (κ3) is 3.28. The second-order valence-corrected chi connectivity index (χ2v) is 6.93. The third-order valence-corrected chi connectivity index (χ3v) is 5.36. The summed E-state index contributed by atoms with van der Waals surface area (Å²) in [6.07, 6.45) is 0.170. The molecule has 1 aliphatic rings. The maximum atomic E-state index is 12.8. The molecule has 8 heteroatoms. The van der Waals surface area contributed by atoms with Crippen LogP contribution in [-0.4, -0.2) is 50.8 Å². The van der Waals surface area contributed by atoms with Gasteiger partial charge in [0.2, 0.25) is 15.9 Å². The highest BCUT2D eigenvalue weighted by Crippen LogP contribution is 2.22. The van der Waals surface area contributed by atoms with Gasteiger partial charge in [-0.05, 0) is 25.5 Å². The largest absolute Gasteiger partial charge is 0.468 e. The minimum atomic E-state index is -3.97. The number of aryl methyl sites for hydroxylation is 1. The van der Waals surface area contributed by atoms with E-state index in [0.29, 0.717) is 0 Å². The molecule has 2 rings (SSSR count). The standard InChI is InChI=1S/C14H18N2O5S/c1-10-3-5-11(6-4-10)22(19,20)16-9-13(17)15-8-7-12(16)14(18)21-2/h3-6,12H,7-9H2,1-2H3,(H,15,17)/t12-/m1/s1. The summed E-state index contributed by atoms with van der Waals surface area (Å²) in [5, 5.41) is 2.56. The number of nitrogens with one attached hydrogen (secondary N) is 1. The molecule has 0 spiro atoms. The average Bonchev–Trinajstić information content (AvgIpc) is 2.69. The molecule has 1 aromatic rings. The van der Waals surface area contributed by atoms with Crippen molar-refractivity contribution in [2.75, 3.05) is 20.2 Å². The molecule has 1 aromatic carbocycles. The van der Waals surface area contributed by atoms with Crippen LogP contribution < -0.4 is 5.32 Å². The maximum Gasteiger partial charge on any atom is 0.324 e. The Balaban J connectivity index is 2.44. The molecule has 0 radical (unpaired) electrons. The van der Waals surface area contributed by atoms with Crippen LogP contribution in [0.5, 0.6) is 0 Å². The lowest BCUT2D eigenvalue weighted by Gasteiger charge is -2.26. The fraction of sp³-hybridized carbons (Fsp3) is 0.429. The summed E-state index contributed by atoms with van der Waals surface area (Å²) in [5.74, 6) is -1.12. The Morgan fingerprint density at radius 1 is 1.32 bits per heavy atom. The smallest absolute Gasteiger partial charge is 0.324 e. The number of carbonyl (C=O) groups excluding carboxylic acids is 2. The molecule has 1 heterocycles. The van der Waals surface area contributed by atoms with Gasteiger partial charge in [0.15, 0.2) is 0 Å². The Hall–Kier alpha value is -1.93. The predicted octanol–water partition coefficient (Wildman–Crippen LogP) is 0.0472. The van der Waals surface area contributed by atoms with Gasteiger partial charge in [0, 0.05) is 6.54 Å². The lowest BCUT2D eigenvalue weighted by Crippen LogP contribution is -2.47. The quantitative estimate of drug-likeness (QED) is 0.792. The third-order valence-electron chi connectivity index (χ3n) is 3.49. The van der Waals surface area contributed by atoms with Gasteiger partial charge in [0.05, 0.1) is 18.6 Å². The molecule has 0 unspecified atom stereocenters. The number of sulfonamides is 1. The van der Waals surface area contributed by atoms with Crippen molar-refractivity contribution in [2.24, 2.45) is 0 Å². The first kappa shape index (κ1) is 16.4. The molecule has 1 amide bonds. The lowest BCUT2D eigenvalue weighted by molar-refractivity contribution is -0.145. The van der Waals surface area contributed by atoms with Crippen molar-refractivity contribution in [3.8, 4) is 0 Å². The molecule has 0 bridgehead atoms. The second kappa shape index (κ2) is 6.45. The summed E-state index contributed by atoms with van der Waals surface area (Å²) >= 11 is 0. The topological polar surface area (TPSA) is 92.8 Å². The molecule has 1 atom stereocenters. The molecule has 1 fully saturated rings. The number of nitrogens with zero attached hydrogens (tertiary/aromatic N) is 1. The van der Waals surface area contributed by atoms with Crippen LogP contribution in [0.3, 0.4) is 0 Å². The number of methoxy groups -OCH3 is 1. The van der Waals surface area contributed by atoms with Crippen LogP contribution >= 0.6 is 0 Å². The zero-order valence-corrected chi connectivity index (χ0v) is 13.2. The fourth-order valence-electron chi connectivity index (χ4n) is 2.27. The monoisotopic (exact) mass is 326 g/mol. The molecule has 0 aliphatic carbocycles. The molecule has 1 saturated heterocycles. The van der Waals surface area contributed by atoms with Crippen LogP contribution in [-0.2, 0) is 24.3 Å². The summed E-state index contributed by atoms with van der Waals surface area (Å²) in [4.78, 5) is 23.7. The number of benzene rings is 1. The zero-order chi connectivity index (χ0) is 16.3. The summed E-state index contributed by atoms with van der Waals surface area (Å²) in [6, 6.07) is 5.23. The summed E-state index contributed by atoms with van der Waals surface area (Å²) in [6.45, 7) is 1.65. The first-order valence-electron chi connectivity index (χ1n) is 6.79. The van der Waals surface area contributed by atoms with E-state index in [1.807, 2.05) is 6.92 Å². The minimum absolute atomic E-state index is 0.0432. The van der Waals surface area contributed by atoms with Gasteiger partial charge in [-0.3, -0.25) is 9.59 Å². The summed E-state index contributed by atoms with van der Waals surface area (Å²) in [7, 11) is -2.77. The van der Waals surface area contributed by atoms with Gasteiger partial charge in [-0.25, -0.2) is 8.42 Å². The molecule has 0 saturated carbocycles. The number of ether oxygens (including phenoxy) is 1. The van der Waals surface area contributed by atoms with Crippen LogP contribution in [0.25, 0.3) is 0 Å². The van der Waals surface area contributed by atoms with E-state index in [0.717, 1.165) is 9.87 Å². The van der Waals surface area contributed by atoms with Crippen molar-refractivity contribution in [2.45, 2.75) is 24.3 Å². The first-order chi connectivity index (χ1) is 10.4. The Morgan fingerprint density at radius 2 is 1.95 bits per heavy atom. The van der Waals surface area contributed by atoms with E-state index < -0.39 is 34.5 Å². The Labute approximate surface area is 129 Å². The number of esters is 1. The number of rotatable bonds is 3. The lowest BCUT2D eigenvalue weighted by atomic mass is 10.2. The van der Waals surface area contributed by atoms with Gasteiger partial charge in [-0.2, -0.15) is 4.31 Å². The zero-order valence-electron chi connectivity index (χ0n) is 12.4. The van der Waals surface area contributed by atoms with Crippen molar-refractivity contribution in [3.63, 3.8) is 0 Å². The number of hydrogen-bond donors (Lipinski definition) is 1. The molecular weight excluding hydrogens is 308 g/mol. The van der Waals surface area contributed by atoms with E-state index in [1.54, 1.807) is 12.1 Å². The van der Waals surface area contributed by atoms with Crippen LogP contribution in [0, 0.1) is 6.92 Å². The van der Waals surface area contributed by atoms with E-state index in [-0.39, 0.29) is 17.9 Å². The van der Waals surface area contributed by atoms with Crippen LogP contribution in [0.2, 0.25) is 0 Å².